The van der Waals surface area contributed by atoms with E-state index in [1.807, 2.05) is 36.4 Å². The number of pyridine rings is 2. The summed E-state index contributed by atoms with van der Waals surface area (Å²) >= 11 is 0. The van der Waals surface area contributed by atoms with Gasteiger partial charge in [0.25, 0.3) is 5.91 Å². The predicted molar refractivity (Wildman–Crippen MR) is 142 cm³/mol. The summed E-state index contributed by atoms with van der Waals surface area (Å²) in [7, 11) is 0. The number of carbonyl (C=O) groups is 1. The molecule has 0 fully saturated rings. The number of carbonyl (C=O) groups excluding carboxylic acids is 1. The van der Waals surface area contributed by atoms with E-state index >= 15 is 0 Å². The van der Waals surface area contributed by atoms with Crippen LogP contribution in [0.3, 0.4) is 0 Å². The van der Waals surface area contributed by atoms with Gasteiger partial charge in [-0.1, -0.05) is 30.3 Å². The minimum Gasteiger partial charge on any atom is -0.387 e. The molecular weight excluding hydrogens is 501 g/mol. The summed E-state index contributed by atoms with van der Waals surface area (Å²) in [6.07, 6.45) is 2.67. The minimum atomic E-state index is -1.68. The van der Waals surface area contributed by atoms with Crippen LogP contribution in [0.15, 0.2) is 67.1 Å². The van der Waals surface area contributed by atoms with Crippen LogP contribution >= 0.6 is 0 Å². The minimum absolute atomic E-state index is 0.133. The third kappa shape index (κ3) is 5.43. The second-order valence-corrected chi connectivity index (χ2v) is 9.38. The number of nitriles is 1. The van der Waals surface area contributed by atoms with Gasteiger partial charge in [0.05, 0.1) is 40.9 Å². The van der Waals surface area contributed by atoms with Crippen LogP contribution in [0, 0.1) is 11.3 Å². The molecule has 4 heterocycles. The normalized spacial score (nSPS) is 12.2. The maximum atomic E-state index is 14.3. The number of nitrogens with zero attached hydrogens (tertiary/aromatic N) is 6. The van der Waals surface area contributed by atoms with Gasteiger partial charge in [0, 0.05) is 35.5 Å². The standard InChI is InChI=1S/C27H24FN9O2/c1-27(2,39)22(28)15-32-26(38)19-14-30-24(37-25-18(13-33-37)8-16(11-29)12-31-25)10-21(19)34-23-9-20(35-36-23)17-6-4-3-5-7-17/h3-10,12-14,22,39H,15H2,1-2H3,(H,32,38)(H2,30,34,35,36)/t22-/m1/s1. The Bertz CT molecular complexity index is 1680. The van der Waals surface area contributed by atoms with Crippen molar-refractivity contribution in [1.29, 1.82) is 5.26 Å². The van der Waals surface area contributed by atoms with Crippen molar-refractivity contribution in [3.63, 3.8) is 0 Å². The number of amides is 1. The molecule has 39 heavy (non-hydrogen) atoms. The van der Waals surface area contributed by atoms with E-state index in [9.17, 15) is 14.3 Å². The van der Waals surface area contributed by atoms with Crippen LogP contribution in [0.4, 0.5) is 15.9 Å². The molecule has 1 amide bonds. The van der Waals surface area contributed by atoms with Crippen LogP contribution in [0.2, 0.25) is 0 Å². The monoisotopic (exact) mass is 525 g/mol. The molecule has 1 atom stereocenters. The summed E-state index contributed by atoms with van der Waals surface area (Å²) in [5.74, 6) is 0.263. The van der Waals surface area contributed by atoms with Crippen LogP contribution in [-0.4, -0.2) is 59.3 Å². The number of aliphatic hydroxyl groups is 1. The molecular formula is C27H24FN9O2. The zero-order valence-corrected chi connectivity index (χ0v) is 21.1. The van der Waals surface area contributed by atoms with Crippen LogP contribution in [0.25, 0.3) is 28.1 Å². The van der Waals surface area contributed by atoms with Gasteiger partial charge in [-0.2, -0.15) is 20.1 Å². The fraction of sp³-hybridized carbons (Fsp3) is 0.185. The lowest BCUT2D eigenvalue weighted by Gasteiger charge is -2.22. The first-order valence-electron chi connectivity index (χ1n) is 12.0. The number of aromatic amines is 1. The Kier molecular flexibility index (Phi) is 6.74. The van der Waals surface area contributed by atoms with E-state index in [4.69, 9.17) is 5.26 Å². The number of aromatic nitrogens is 6. The van der Waals surface area contributed by atoms with Crippen LogP contribution in [0.1, 0.15) is 29.8 Å². The highest BCUT2D eigenvalue weighted by atomic mass is 19.1. The van der Waals surface area contributed by atoms with Crippen molar-refractivity contribution in [2.75, 3.05) is 11.9 Å². The summed E-state index contributed by atoms with van der Waals surface area (Å²) in [5.41, 5.74) is 1.34. The molecule has 0 unspecified atom stereocenters. The van der Waals surface area contributed by atoms with Crippen molar-refractivity contribution < 1.29 is 14.3 Å². The highest BCUT2D eigenvalue weighted by Crippen LogP contribution is 2.26. The highest BCUT2D eigenvalue weighted by Gasteiger charge is 2.27. The topological polar surface area (TPSA) is 157 Å². The molecule has 0 saturated carbocycles. The molecule has 0 saturated heterocycles. The van der Waals surface area contributed by atoms with Gasteiger partial charge >= 0.3 is 0 Å². The number of hydrogen-bond acceptors (Lipinski definition) is 8. The molecule has 0 aliphatic heterocycles. The van der Waals surface area contributed by atoms with E-state index in [0.29, 0.717) is 39.6 Å². The fourth-order valence-corrected chi connectivity index (χ4v) is 3.81. The molecule has 196 valence electrons. The molecule has 0 spiro atoms. The third-order valence-electron chi connectivity index (χ3n) is 6.01. The number of alkyl halides is 1. The van der Waals surface area contributed by atoms with Crippen LogP contribution < -0.4 is 10.6 Å². The van der Waals surface area contributed by atoms with Crippen LogP contribution in [-0.2, 0) is 0 Å². The average molecular weight is 526 g/mol. The van der Waals surface area contributed by atoms with E-state index in [0.717, 1.165) is 5.56 Å². The Hall–Kier alpha value is -5.15. The van der Waals surface area contributed by atoms with Crippen molar-refractivity contribution in [2.45, 2.75) is 25.6 Å². The van der Waals surface area contributed by atoms with E-state index < -0.39 is 17.7 Å². The number of nitrogens with one attached hydrogen (secondary N) is 3. The first-order chi connectivity index (χ1) is 18.7. The number of H-pyrrole nitrogens is 1. The molecule has 5 aromatic rings. The van der Waals surface area contributed by atoms with Crippen LogP contribution in [0.5, 0.6) is 0 Å². The molecule has 0 aliphatic rings. The number of anilines is 2. The van der Waals surface area contributed by atoms with E-state index in [-0.39, 0.29) is 12.1 Å². The lowest BCUT2D eigenvalue weighted by Crippen LogP contribution is -2.42. The Labute approximate surface area is 222 Å². The highest BCUT2D eigenvalue weighted by molar-refractivity contribution is 6.00. The number of benzene rings is 1. The quantitative estimate of drug-likeness (QED) is 0.239. The maximum absolute atomic E-state index is 14.3. The van der Waals surface area contributed by atoms with E-state index in [1.165, 1.54) is 30.9 Å². The van der Waals surface area contributed by atoms with Gasteiger partial charge in [-0.05, 0) is 19.9 Å². The van der Waals surface area contributed by atoms with E-state index in [2.05, 4.69) is 35.9 Å². The largest absolute Gasteiger partial charge is 0.387 e. The molecule has 12 heteroatoms. The Balaban J connectivity index is 1.50. The first kappa shape index (κ1) is 25.5. The molecule has 5 rings (SSSR count). The fourth-order valence-electron chi connectivity index (χ4n) is 3.81. The summed E-state index contributed by atoms with van der Waals surface area (Å²) in [6, 6.07) is 16.7. The summed E-state index contributed by atoms with van der Waals surface area (Å²) in [4.78, 5) is 21.8. The van der Waals surface area contributed by atoms with Crippen molar-refractivity contribution in [1.82, 2.24) is 35.3 Å². The van der Waals surface area contributed by atoms with Crippen molar-refractivity contribution in [2.24, 2.45) is 0 Å². The smallest absolute Gasteiger partial charge is 0.255 e. The Morgan fingerprint density at radius 3 is 2.72 bits per heavy atom. The zero-order valence-electron chi connectivity index (χ0n) is 21.1. The molecule has 4 N–H and O–H groups in total. The molecule has 0 bridgehead atoms. The molecule has 11 nitrogen and oxygen atoms in total. The number of hydrogen-bond donors (Lipinski definition) is 4. The Morgan fingerprint density at radius 1 is 1.18 bits per heavy atom. The van der Waals surface area contributed by atoms with Gasteiger partial charge in [0.15, 0.2) is 11.5 Å². The molecule has 1 aromatic carbocycles. The van der Waals surface area contributed by atoms with Crippen molar-refractivity contribution in [3.05, 3.63) is 78.2 Å². The third-order valence-corrected chi connectivity index (χ3v) is 6.01. The van der Waals surface area contributed by atoms with Crippen molar-refractivity contribution >= 4 is 28.4 Å². The predicted octanol–water partition coefficient (Wildman–Crippen LogP) is 3.66. The first-order valence-corrected chi connectivity index (χ1v) is 12.0. The number of halogens is 1. The zero-order chi connectivity index (χ0) is 27.6. The van der Waals surface area contributed by atoms with Crippen molar-refractivity contribution in [3.8, 4) is 23.1 Å². The lowest BCUT2D eigenvalue weighted by atomic mass is 10.0. The SMILES string of the molecule is CC(C)(O)[C@H](F)CNC(=O)c1cnc(-n2ncc3cc(C#N)cnc32)cc1Nc1cc(-c2ccccc2)n[nH]1. The van der Waals surface area contributed by atoms with Gasteiger partial charge in [-0.15, -0.1) is 0 Å². The summed E-state index contributed by atoms with van der Waals surface area (Å²) in [6.45, 7) is 2.27. The molecule has 0 radical (unpaired) electrons. The average Bonchev–Trinajstić information content (AvgIpc) is 3.58. The van der Waals surface area contributed by atoms with Gasteiger partial charge in [-0.25, -0.2) is 14.4 Å². The van der Waals surface area contributed by atoms with Gasteiger partial charge in [0.2, 0.25) is 0 Å². The molecule has 0 aliphatic carbocycles. The number of fused-ring (bicyclic) bond motifs is 1. The Morgan fingerprint density at radius 2 is 1.97 bits per heavy atom. The van der Waals surface area contributed by atoms with Gasteiger partial charge in [0.1, 0.15) is 18.1 Å². The summed E-state index contributed by atoms with van der Waals surface area (Å²) in [5, 5.41) is 37.0. The molecule has 4 aromatic heterocycles. The summed E-state index contributed by atoms with van der Waals surface area (Å²) < 4.78 is 15.8. The lowest BCUT2D eigenvalue weighted by molar-refractivity contribution is -0.00177. The second-order valence-electron chi connectivity index (χ2n) is 9.38. The van der Waals surface area contributed by atoms with Gasteiger partial charge in [-0.3, -0.25) is 9.89 Å². The van der Waals surface area contributed by atoms with E-state index in [1.54, 1.807) is 24.4 Å². The van der Waals surface area contributed by atoms with Gasteiger partial charge < -0.3 is 15.7 Å². The maximum Gasteiger partial charge on any atom is 0.255 e. The number of rotatable bonds is 8. The second kappa shape index (κ2) is 10.3.